The molecule has 5 nitrogen and oxygen atoms in total. The number of nitrogens with zero attached hydrogens (tertiary/aromatic N) is 2. The van der Waals surface area contributed by atoms with Crippen LogP contribution >= 0.6 is 23.2 Å². The summed E-state index contributed by atoms with van der Waals surface area (Å²) in [7, 11) is -3.51. The van der Waals surface area contributed by atoms with E-state index in [0.29, 0.717) is 47.4 Å². The smallest absolute Gasteiger partial charge is 0.254 e. The van der Waals surface area contributed by atoms with Gasteiger partial charge in [-0.15, -0.1) is 0 Å². The molecule has 0 saturated carbocycles. The summed E-state index contributed by atoms with van der Waals surface area (Å²) in [6, 6.07) is 15.7. The highest BCUT2D eigenvalue weighted by Crippen LogP contribution is 2.30. The minimum atomic E-state index is -3.51. The molecule has 3 aromatic carbocycles. The van der Waals surface area contributed by atoms with Gasteiger partial charge in [0.1, 0.15) is 5.82 Å². The molecule has 0 radical (unpaired) electrons. The Labute approximate surface area is 202 Å². The van der Waals surface area contributed by atoms with E-state index >= 15 is 0 Å². The van der Waals surface area contributed by atoms with Crippen LogP contribution in [0.1, 0.15) is 10.4 Å². The highest BCUT2D eigenvalue weighted by molar-refractivity contribution is 7.90. The Kier molecular flexibility index (Phi) is 6.66. The zero-order valence-corrected chi connectivity index (χ0v) is 20.1. The van der Waals surface area contributed by atoms with Crippen LogP contribution < -0.4 is 4.90 Å². The zero-order chi connectivity index (χ0) is 23.8. The molecule has 0 aromatic heterocycles. The van der Waals surface area contributed by atoms with Gasteiger partial charge in [-0.05, 0) is 53.6 Å². The SMILES string of the molecule is CS(=O)(=O)c1ccc(-c2ccc(F)cc2)c(C(=O)N2CCN(c3ccc(Cl)c(Cl)c3)CC2)c1. The van der Waals surface area contributed by atoms with Crippen LogP contribution in [0.2, 0.25) is 10.0 Å². The Bertz CT molecular complexity index is 1310. The van der Waals surface area contributed by atoms with Crippen LogP contribution in [0.4, 0.5) is 10.1 Å². The average molecular weight is 507 g/mol. The number of amides is 1. The molecule has 1 fully saturated rings. The minimum absolute atomic E-state index is 0.0613. The summed E-state index contributed by atoms with van der Waals surface area (Å²) < 4.78 is 37.7. The van der Waals surface area contributed by atoms with Gasteiger partial charge in [0.2, 0.25) is 0 Å². The number of rotatable bonds is 4. The van der Waals surface area contributed by atoms with Crippen LogP contribution in [0.5, 0.6) is 0 Å². The lowest BCUT2D eigenvalue weighted by Crippen LogP contribution is -2.49. The van der Waals surface area contributed by atoms with E-state index in [2.05, 4.69) is 4.90 Å². The van der Waals surface area contributed by atoms with Gasteiger partial charge >= 0.3 is 0 Å². The van der Waals surface area contributed by atoms with Gasteiger partial charge in [0, 0.05) is 43.7 Å². The molecule has 0 atom stereocenters. The molecule has 172 valence electrons. The summed E-state index contributed by atoms with van der Waals surface area (Å²) in [6.45, 7) is 2.07. The van der Waals surface area contributed by atoms with Crippen LogP contribution in [0.15, 0.2) is 65.6 Å². The maximum absolute atomic E-state index is 13.5. The number of piperazine rings is 1. The van der Waals surface area contributed by atoms with E-state index < -0.39 is 15.7 Å². The van der Waals surface area contributed by atoms with Gasteiger partial charge < -0.3 is 9.80 Å². The van der Waals surface area contributed by atoms with Gasteiger partial charge in [-0.25, -0.2) is 12.8 Å². The summed E-state index contributed by atoms with van der Waals surface area (Å²) in [6.07, 6.45) is 1.10. The molecule has 1 amide bonds. The van der Waals surface area contributed by atoms with Gasteiger partial charge in [-0.1, -0.05) is 41.4 Å². The fourth-order valence-electron chi connectivity index (χ4n) is 3.83. The van der Waals surface area contributed by atoms with Crippen LogP contribution in [-0.2, 0) is 9.84 Å². The Balaban J connectivity index is 1.61. The topological polar surface area (TPSA) is 57.7 Å². The molecule has 0 N–H and O–H groups in total. The van der Waals surface area contributed by atoms with Crippen molar-refractivity contribution in [2.24, 2.45) is 0 Å². The van der Waals surface area contributed by atoms with Crippen molar-refractivity contribution in [1.82, 2.24) is 4.90 Å². The molecule has 0 unspecified atom stereocenters. The molecule has 9 heteroatoms. The Morgan fingerprint density at radius 1 is 0.879 bits per heavy atom. The van der Waals surface area contributed by atoms with Gasteiger partial charge in [0.15, 0.2) is 9.84 Å². The maximum atomic E-state index is 13.5. The number of hydrogen-bond donors (Lipinski definition) is 0. The fourth-order valence-corrected chi connectivity index (χ4v) is 4.77. The average Bonchev–Trinajstić information content (AvgIpc) is 2.80. The van der Waals surface area contributed by atoms with E-state index in [4.69, 9.17) is 23.2 Å². The first-order chi connectivity index (χ1) is 15.6. The molecule has 4 rings (SSSR count). The van der Waals surface area contributed by atoms with E-state index in [9.17, 15) is 17.6 Å². The predicted molar refractivity (Wildman–Crippen MR) is 130 cm³/mol. The number of benzene rings is 3. The quantitative estimate of drug-likeness (QED) is 0.489. The highest BCUT2D eigenvalue weighted by atomic mass is 35.5. The van der Waals surface area contributed by atoms with E-state index in [0.717, 1.165) is 11.9 Å². The molecule has 1 aliphatic heterocycles. The van der Waals surface area contributed by atoms with E-state index in [-0.39, 0.29) is 16.4 Å². The lowest BCUT2D eigenvalue weighted by atomic mass is 9.98. The number of carbonyl (C=O) groups excluding carboxylic acids is 1. The highest BCUT2D eigenvalue weighted by Gasteiger charge is 2.26. The molecule has 1 heterocycles. The van der Waals surface area contributed by atoms with Crippen molar-refractivity contribution in [3.8, 4) is 11.1 Å². The van der Waals surface area contributed by atoms with Crippen molar-refractivity contribution in [2.45, 2.75) is 4.90 Å². The van der Waals surface area contributed by atoms with Crippen molar-refractivity contribution < 1.29 is 17.6 Å². The standard InChI is InChI=1S/C24H21Cl2FN2O3S/c1-33(31,32)19-7-8-20(16-2-4-17(27)5-3-16)21(15-19)24(30)29-12-10-28(11-13-29)18-6-9-22(25)23(26)14-18/h2-9,14-15H,10-13H2,1H3. The Morgan fingerprint density at radius 2 is 1.55 bits per heavy atom. The first-order valence-electron chi connectivity index (χ1n) is 10.2. The summed E-state index contributed by atoms with van der Waals surface area (Å²) in [4.78, 5) is 17.4. The first kappa shape index (κ1) is 23.5. The van der Waals surface area contributed by atoms with E-state index in [1.54, 1.807) is 35.2 Å². The number of hydrogen-bond acceptors (Lipinski definition) is 4. The Hall–Kier alpha value is -2.61. The zero-order valence-electron chi connectivity index (χ0n) is 17.8. The molecule has 0 spiro atoms. The normalized spacial score (nSPS) is 14.4. The number of halogens is 3. The van der Waals surface area contributed by atoms with Crippen molar-refractivity contribution in [3.05, 3.63) is 82.1 Å². The van der Waals surface area contributed by atoms with E-state index in [1.165, 1.54) is 24.3 Å². The molecule has 1 aliphatic rings. The largest absolute Gasteiger partial charge is 0.368 e. The second kappa shape index (κ2) is 9.33. The second-order valence-electron chi connectivity index (χ2n) is 7.86. The summed E-state index contributed by atoms with van der Waals surface area (Å²) >= 11 is 12.1. The molecule has 33 heavy (non-hydrogen) atoms. The first-order valence-corrected chi connectivity index (χ1v) is 12.9. The molecule has 1 saturated heterocycles. The summed E-state index contributed by atoms with van der Waals surface area (Å²) in [5, 5.41) is 0.947. The van der Waals surface area contributed by atoms with Gasteiger partial charge in [-0.2, -0.15) is 0 Å². The number of anilines is 1. The predicted octanol–water partition coefficient (Wildman–Crippen LogP) is 5.17. The third-order valence-corrected chi connectivity index (χ3v) is 7.49. The molecule has 3 aromatic rings. The lowest BCUT2D eigenvalue weighted by molar-refractivity contribution is 0.0747. The minimum Gasteiger partial charge on any atom is -0.368 e. The number of sulfone groups is 1. The van der Waals surface area contributed by atoms with Crippen molar-refractivity contribution in [1.29, 1.82) is 0 Å². The van der Waals surface area contributed by atoms with Crippen LogP contribution in [0.3, 0.4) is 0 Å². The fraction of sp³-hybridized carbons (Fsp3) is 0.208. The molecule has 0 bridgehead atoms. The summed E-state index contributed by atoms with van der Waals surface area (Å²) in [5.41, 5.74) is 2.38. The summed E-state index contributed by atoms with van der Waals surface area (Å²) in [5.74, 6) is -0.661. The maximum Gasteiger partial charge on any atom is 0.254 e. The van der Waals surface area contributed by atoms with Crippen LogP contribution in [0, 0.1) is 5.82 Å². The van der Waals surface area contributed by atoms with Gasteiger partial charge in [0.05, 0.1) is 14.9 Å². The van der Waals surface area contributed by atoms with Crippen molar-refractivity contribution in [3.63, 3.8) is 0 Å². The monoisotopic (exact) mass is 506 g/mol. The molecular formula is C24H21Cl2FN2O3S. The molecule has 0 aliphatic carbocycles. The van der Waals surface area contributed by atoms with E-state index in [1.807, 2.05) is 6.07 Å². The number of carbonyl (C=O) groups is 1. The lowest BCUT2D eigenvalue weighted by Gasteiger charge is -2.36. The van der Waals surface area contributed by atoms with Crippen molar-refractivity contribution >= 4 is 44.6 Å². The second-order valence-corrected chi connectivity index (χ2v) is 10.7. The van der Waals surface area contributed by atoms with Gasteiger partial charge in [0.25, 0.3) is 5.91 Å². The van der Waals surface area contributed by atoms with Crippen molar-refractivity contribution in [2.75, 3.05) is 37.3 Å². The Morgan fingerprint density at radius 3 is 2.15 bits per heavy atom. The molecular weight excluding hydrogens is 486 g/mol. The third kappa shape index (κ3) is 5.16. The van der Waals surface area contributed by atoms with Gasteiger partial charge in [-0.3, -0.25) is 4.79 Å². The van der Waals surface area contributed by atoms with Crippen LogP contribution in [-0.4, -0.2) is 51.7 Å². The third-order valence-electron chi connectivity index (χ3n) is 5.64. The van der Waals surface area contributed by atoms with Crippen LogP contribution in [0.25, 0.3) is 11.1 Å².